The third-order valence-electron chi connectivity index (χ3n) is 4.48. The van der Waals surface area contributed by atoms with E-state index in [1.165, 1.54) is 4.31 Å². The standard InChI is InChI=1S/C17H21NO3S/c1-18(13-17(19)10-4-5-11-17)22(20,21)16-9-8-14-6-2-3-7-15(14)12-16/h2-3,6-9,12,19H,4-5,10-11,13H2,1H3. The highest BCUT2D eigenvalue weighted by molar-refractivity contribution is 7.89. The van der Waals surface area contributed by atoms with Crippen LogP contribution in [0.25, 0.3) is 10.8 Å². The summed E-state index contributed by atoms with van der Waals surface area (Å²) in [5.74, 6) is 0. The third-order valence-corrected chi connectivity index (χ3v) is 6.28. The molecule has 0 heterocycles. The van der Waals surface area contributed by atoms with E-state index in [1.54, 1.807) is 19.2 Å². The molecule has 1 aliphatic carbocycles. The van der Waals surface area contributed by atoms with Crippen LogP contribution >= 0.6 is 0 Å². The Morgan fingerprint density at radius 2 is 1.73 bits per heavy atom. The van der Waals surface area contributed by atoms with Crippen LogP contribution in [0.2, 0.25) is 0 Å². The minimum Gasteiger partial charge on any atom is -0.389 e. The monoisotopic (exact) mass is 319 g/mol. The van der Waals surface area contributed by atoms with Gasteiger partial charge in [0.1, 0.15) is 0 Å². The van der Waals surface area contributed by atoms with Gasteiger partial charge in [-0.05, 0) is 35.7 Å². The Kier molecular flexibility index (Phi) is 3.97. The largest absolute Gasteiger partial charge is 0.389 e. The van der Waals surface area contributed by atoms with Gasteiger partial charge in [0.2, 0.25) is 10.0 Å². The summed E-state index contributed by atoms with van der Waals surface area (Å²) in [6.45, 7) is 0.155. The second-order valence-electron chi connectivity index (χ2n) is 6.20. The molecule has 0 aromatic heterocycles. The maximum absolute atomic E-state index is 12.7. The van der Waals surface area contributed by atoms with Crippen molar-refractivity contribution >= 4 is 20.8 Å². The number of rotatable bonds is 4. The molecule has 1 aliphatic rings. The Morgan fingerprint density at radius 3 is 2.41 bits per heavy atom. The van der Waals surface area contributed by atoms with Crippen molar-refractivity contribution in [3.63, 3.8) is 0 Å². The molecule has 0 saturated heterocycles. The zero-order chi connectivity index (χ0) is 15.8. The highest BCUT2D eigenvalue weighted by atomic mass is 32.2. The highest BCUT2D eigenvalue weighted by Crippen LogP contribution is 2.31. The molecule has 0 bridgehead atoms. The summed E-state index contributed by atoms with van der Waals surface area (Å²) in [6.07, 6.45) is 3.26. The number of sulfonamides is 1. The topological polar surface area (TPSA) is 57.6 Å². The lowest BCUT2D eigenvalue weighted by molar-refractivity contribution is 0.0333. The van der Waals surface area contributed by atoms with Crippen LogP contribution in [0.1, 0.15) is 25.7 Å². The molecule has 3 rings (SSSR count). The molecule has 1 N–H and O–H groups in total. The van der Waals surface area contributed by atoms with E-state index in [0.29, 0.717) is 12.8 Å². The first-order valence-corrected chi connectivity index (χ1v) is 9.02. The third kappa shape index (κ3) is 2.89. The predicted octanol–water partition coefficient (Wildman–Crippen LogP) is 2.77. The van der Waals surface area contributed by atoms with Gasteiger partial charge in [0, 0.05) is 13.6 Å². The van der Waals surface area contributed by atoms with E-state index in [1.807, 2.05) is 30.3 Å². The summed E-state index contributed by atoms with van der Waals surface area (Å²) in [6, 6.07) is 12.8. The van der Waals surface area contributed by atoms with Crippen LogP contribution in [0, 0.1) is 0 Å². The molecule has 0 atom stereocenters. The number of hydrogen-bond donors (Lipinski definition) is 1. The van der Waals surface area contributed by atoms with Crippen LogP contribution < -0.4 is 0 Å². The molecular formula is C17H21NO3S. The van der Waals surface area contributed by atoms with E-state index in [-0.39, 0.29) is 11.4 Å². The number of fused-ring (bicyclic) bond motifs is 1. The normalized spacial score (nSPS) is 18.1. The van der Waals surface area contributed by atoms with E-state index in [4.69, 9.17) is 0 Å². The van der Waals surface area contributed by atoms with Crippen LogP contribution in [0.5, 0.6) is 0 Å². The van der Waals surface area contributed by atoms with Crippen molar-refractivity contribution in [3.8, 4) is 0 Å². The fraction of sp³-hybridized carbons (Fsp3) is 0.412. The molecule has 4 nitrogen and oxygen atoms in total. The zero-order valence-corrected chi connectivity index (χ0v) is 13.5. The molecule has 0 unspecified atom stereocenters. The molecule has 5 heteroatoms. The lowest BCUT2D eigenvalue weighted by Crippen LogP contribution is -2.41. The second-order valence-corrected chi connectivity index (χ2v) is 8.25. The zero-order valence-electron chi connectivity index (χ0n) is 12.7. The van der Waals surface area contributed by atoms with Crippen molar-refractivity contribution in [1.82, 2.24) is 4.31 Å². The summed E-state index contributed by atoms with van der Waals surface area (Å²) >= 11 is 0. The second kappa shape index (κ2) is 5.65. The van der Waals surface area contributed by atoms with Crippen LogP contribution in [-0.4, -0.2) is 37.0 Å². The van der Waals surface area contributed by atoms with Gasteiger partial charge in [0.25, 0.3) is 0 Å². The molecule has 0 radical (unpaired) electrons. The van der Waals surface area contributed by atoms with E-state index in [0.717, 1.165) is 23.6 Å². The van der Waals surface area contributed by atoms with Crippen molar-refractivity contribution in [2.75, 3.05) is 13.6 Å². The summed E-state index contributed by atoms with van der Waals surface area (Å²) in [7, 11) is -2.04. The maximum atomic E-state index is 12.7. The lowest BCUT2D eigenvalue weighted by Gasteiger charge is -2.28. The Labute approximate surface area is 131 Å². The first-order chi connectivity index (χ1) is 10.4. The van der Waals surface area contributed by atoms with Crippen molar-refractivity contribution in [1.29, 1.82) is 0 Å². The van der Waals surface area contributed by atoms with Crippen molar-refractivity contribution < 1.29 is 13.5 Å². The quantitative estimate of drug-likeness (QED) is 0.943. The molecule has 2 aromatic rings. The molecule has 2 aromatic carbocycles. The average molecular weight is 319 g/mol. The fourth-order valence-corrected chi connectivity index (χ4v) is 4.48. The number of nitrogens with zero attached hydrogens (tertiary/aromatic N) is 1. The van der Waals surface area contributed by atoms with Gasteiger partial charge in [-0.3, -0.25) is 0 Å². The number of likely N-dealkylation sites (N-methyl/N-ethyl adjacent to an activating group) is 1. The van der Waals surface area contributed by atoms with E-state index in [9.17, 15) is 13.5 Å². The predicted molar refractivity (Wildman–Crippen MR) is 87.2 cm³/mol. The summed E-state index contributed by atoms with van der Waals surface area (Å²) in [4.78, 5) is 0.273. The van der Waals surface area contributed by atoms with Crippen LogP contribution in [0.3, 0.4) is 0 Å². The average Bonchev–Trinajstić information content (AvgIpc) is 2.93. The van der Waals surface area contributed by atoms with Gasteiger partial charge >= 0.3 is 0 Å². The minimum absolute atomic E-state index is 0.155. The Morgan fingerprint density at radius 1 is 1.09 bits per heavy atom. The SMILES string of the molecule is CN(CC1(O)CCCC1)S(=O)(=O)c1ccc2ccccc2c1. The molecule has 0 spiro atoms. The Hall–Kier alpha value is -1.43. The number of hydrogen-bond acceptors (Lipinski definition) is 3. The molecule has 0 amide bonds. The van der Waals surface area contributed by atoms with Crippen LogP contribution in [0.15, 0.2) is 47.4 Å². The molecule has 0 aliphatic heterocycles. The van der Waals surface area contributed by atoms with Crippen molar-refractivity contribution in [3.05, 3.63) is 42.5 Å². The summed E-state index contributed by atoms with van der Waals surface area (Å²) < 4.78 is 26.7. The first kappa shape index (κ1) is 15.5. The summed E-state index contributed by atoms with van der Waals surface area (Å²) in [5.41, 5.74) is -0.876. The fourth-order valence-electron chi connectivity index (χ4n) is 3.20. The molecule has 22 heavy (non-hydrogen) atoms. The van der Waals surface area contributed by atoms with Crippen LogP contribution in [0.4, 0.5) is 0 Å². The van der Waals surface area contributed by atoms with Gasteiger partial charge < -0.3 is 5.11 Å². The van der Waals surface area contributed by atoms with Crippen molar-refractivity contribution in [2.45, 2.75) is 36.2 Å². The maximum Gasteiger partial charge on any atom is 0.242 e. The Balaban J connectivity index is 1.90. The minimum atomic E-state index is -3.58. The molecule has 1 saturated carbocycles. The van der Waals surface area contributed by atoms with Gasteiger partial charge in [0.05, 0.1) is 10.5 Å². The van der Waals surface area contributed by atoms with Gasteiger partial charge in [-0.15, -0.1) is 0 Å². The number of aliphatic hydroxyl groups is 1. The van der Waals surface area contributed by atoms with E-state index < -0.39 is 15.6 Å². The molecule has 118 valence electrons. The Bertz CT molecular complexity index is 779. The van der Waals surface area contributed by atoms with Gasteiger partial charge in [0.15, 0.2) is 0 Å². The van der Waals surface area contributed by atoms with E-state index in [2.05, 4.69) is 0 Å². The highest BCUT2D eigenvalue weighted by Gasteiger charge is 2.35. The van der Waals surface area contributed by atoms with Gasteiger partial charge in [-0.25, -0.2) is 8.42 Å². The summed E-state index contributed by atoms with van der Waals surface area (Å²) in [5, 5.41) is 12.3. The smallest absolute Gasteiger partial charge is 0.242 e. The van der Waals surface area contributed by atoms with Gasteiger partial charge in [-0.2, -0.15) is 4.31 Å². The lowest BCUT2D eigenvalue weighted by atomic mass is 10.0. The first-order valence-electron chi connectivity index (χ1n) is 7.58. The molecular weight excluding hydrogens is 298 g/mol. The molecule has 1 fully saturated rings. The van der Waals surface area contributed by atoms with E-state index >= 15 is 0 Å². The van der Waals surface area contributed by atoms with Gasteiger partial charge in [-0.1, -0.05) is 43.2 Å². The number of benzene rings is 2. The van der Waals surface area contributed by atoms with Crippen LogP contribution in [-0.2, 0) is 10.0 Å². The van der Waals surface area contributed by atoms with Crippen molar-refractivity contribution in [2.24, 2.45) is 0 Å².